The van der Waals surface area contributed by atoms with E-state index in [0.29, 0.717) is 19.6 Å². The van der Waals surface area contributed by atoms with Crippen molar-refractivity contribution in [3.8, 4) is 6.07 Å². The van der Waals surface area contributed by atoms with E-state index < -0.39 is 14.6 Å². The minimum atomic E-state index is -1.32. The van der Waals surface area contributed by atoms with Gasteiger partial charge in [-0.1, -0.05) is 103 Å². The first kappa shape index (κ1) is 36.7. The topological polar surface area (TPSA) is 75.0 Å². The van der Waals surface area contributed by atoms with Gasteiger partial charge in [0.25, 0.3) is 8.53 Å². The zero-order chi connectivity index (χ0) is 27.6. The smallest absolute Gasteiger partial charge is 0.259 e. The zero-order valence-electron chi connectivity index (χ0n) is 25.1. The van der Waals surface area contributed by atoms with E-state index in [-0.39, 0.29) is 25.3 Å². The number of rotatable bonds is 28. The molecule has 0 aromatic rings. The molecule has 0 fully saturated rings. The van der Waals surface area contributed by atoms with Gasteiger partial charge in [0.2, 0.25) is 0 Å². The number of nitrogens with zero attached hydrogens (tertiary/aromatic N) is 2. The molecule has 0 radical (unpaired) electrons. The third-order valence-corrected chi connectivity index (χ3v) is 8.57. The Bertz CT molecular complexity index is 508. The molecule has 7 heteroatoms. The molecule has 0 spiro atoms. The zero-order valence-corrected chi connectivity index (χ0v) is 26.0. The molecule has 0 saturated heterocycles. The lowest BCUT2D eigenvalue weighted by Gasteiger charge is -2.35. The summed E-state index contributed by atoms with van der Waals surface area (Å²) >= 11 is 0. The van der Waals surface area contributed by atoms with Crippen LogP contribution < -0.4 is 0 Å². The first-order chi connectivity index (χ1) is 17.9. The minimum absolute atomic E-state index is 0.174. The Morgan fingerprint density at radius 1 is 0.676 bits per heavy atom. The van der Waals surface area contributed by atoms with Crippen molar-refractivity contribution >= 4 is 8.53 Å². The van der Waals surface area contributed by atoms with Crippen molar-refractivity contribution in [2.75, 3.05) is 26.4 Å². The Balaban J connectivity index is 3.68. The van der Waals surface area contributed by atoms with Crippen molar-refractivity contribution in [3.63, 3.8) is 0 Å². The van der Waals surface area contributed by atoms with Crippen molar-refractivity contribution in [1.29, 1.82) is 5.26 Å². The van der Waals surface area contributed by atoms with Crippen molar-refractivity contribution in [1.82, 2.24) is 4.67 Å². The molecule has 0 aromatic heterocycles. The van der Waals surface area contributed by atoms with E-state index >= 15 is 0 Å². The Morgan fingerprint density at radius 2 is 1.14 bits per heavy atom. The van der Waals surface area contributed by atoms with Crippen LogP contribution in [0.3, 0.4) is 0 Å². The van der Waals surface area contributed by atoms with Gasteiger partial charge < -0.3 is 18.9 Å². The molecule has 1 N–H and O–H groups in total. The second-order valence-electron chi connectivity index (χ2n) is 10.9. The molecule has 0 aliphatic heterocycles. The van der Waals surface area contributed by atoms with Gasteiger partial charge in [0.05, 0.1) is 32.3 Å². The summed E-state index contributed by atoms with van der Waals surface area (Å²) in [6.45, 7) is 12.2. The summed E-state index contributed by atoms with van der Waals surface area (Å²) in [6, 6.07) is 2.60. The van der Waals surface area contributed by atoms with Gasteiger partial charge in [-0.3, -0.25) is 0 Å². The van der Waals surface area contributed by atoms with Crippen LogP contribution in [0.15, 0.2) is 0 Å². The van der Waals surface area contributed by atoms with Crippen LogP contribution in [-0.2, 0) is 13.8 Å². The summed E-state index contributed by atoms with van der Waals surface area (Å²) in [6.07, 6.45) is 21.4. The third kappa shape index (κ3) is 23.3. The van der Waals surface area contributed by atoms with E-state index in [9.17, 15) is 5.11 Å². The number of hydrogen-bond donors (Lipinski definition) is 1. The second kappa shape index (κ2) is 27.3. The van der Waals surface area contributed by atoms with Crippen molar-refractivity contribution in [2.45, 2.75) is 162 Å². The average molecular weight is 545 g/mol. The van der Waals surface area contributed by atoms with Gasteiger partial charge in [0.1, 0.15) is 6.10 Å². The van der Waals surface area contributed by atoms with Gasteiger partial charge in [-0.05, 0) is 34.1 Å². The Morgan fingerprint density at radius 3 is 1.57 bits per heavy atom. The molecule has 0 aromatic carbocycles. The Kier molecular flexibility index (Phi) is 27.1. The lowest BCUT2D eigenvalue weighted by atomic mass is 10.0. The maximum absolute atomic E-state index is 10.3. The maximum Gasteiger partial charge on any atom is 0.259 e. The van der Waals surface area contributed by atoms with Crippen LogP contribution in [0, 0.1) is 11.3 Å². The standard InChI is InChI=1S/C30H61N2O4P/c1-6-7-8-9-10-11-12-13-14-15-16-17-18-19-20-21-24-34-26-30(33)27-36-37(35-25-22-23-31)32(28(2)3)29(4)5/h28-30,33H,6-22,24-27H2,1-5H3/t30-,37?/m0/s1. The SMILES string of the molecule is CCCCCCCCCCCCCCCCCCOC[C@H](O)COP(OCCC#N)N(C(C)C)C(C)C. The summed E-state index contributed by atoms with van der Waals surface area (Å²) in [5, 5.41) is 19.1. The van der Waals surface area contributed by atoms with Gasteiger partial charge in [-0.15, -0.1) is 0 Å². The van der Waals surface area contributed by atoms with E-state index in [1.54, 1.807) is 0 Å². The van der Waals surface area contributed by atoms with E-state index in [1.807, 2.05) is 0 Å². The molecule has 0 saturated carbocycles. The van der Waals surface area contributed by atoms with Crippen molar-refractivity contribution in [2.24, 2.45) is 0 Å². The number of nitriles is 1. The number of unbranched alkanes of at least 4 members (excludes halogenated alkanes) is 15. The molecule has 220 valence electrons. The summed E-state index contributed by atoms with van der Waals surface area (Å²) < 4.78 is 19.6. The molecule has 2 atom stereocenters. The van der Waals surface area contributed by atoms with Crippen LogP contribution in [0.25, 0.3) is 0 Å². The fourth-order valence-electron chi connectivity index (χ4n) is 4.48. The van der Waals surface area contributed by atoms with Crippen molar-refractivity contribution < 1.29 is 18.9 Å². The fraction of sp³-hybridized carbons (Fsp3) is 0.967. The molecule has 0 heterocycles. The summed E-state index contributed by atoms with van der Waals surface area (Å²) in [4.78, 5) is 0. The van der Waals surface area contributed by atoms with Crippen LogP contribution >= 0.6 is 8.53 Å². The second-order valence-corrected chi connectivity index (χ2v) is 12.3. The van der Waals surface area contributed by atoms with E-state index in [1.165, 1.54) is 96.3 Å². The molecule has 0 aliphatic rings. The predicted octanol–water partition coefficient (Wildman–Crippen LogP) is 8.92. The maximum atomic E-state index is 10.3. The van der Waals surface area contributed by atoms with Crippen LogP contribution in [0.1, 0.15) is 144 Å². The average Bonchev–Trinajstić information content (AvgIpc) is 2.86. The highest BCUT2D eigenvalue weighted by molar-refractivity contribution is 7.44. The molecule has 0 amide bonds. The normalized spacial score (nSPS) is 13.5. The summed E-state index contributed by atoms with van der Waals surface area (Å²) in [5.74, 6) is 0. The fourth-order valence-corrected chi connectivity index (χ4v) is 6.13. The first-order valence-corrected chi connectivity index (χ1v) is 16.5. The van der Waals surface area contributed by atoms with Gasteiger partial charge in [-0.2, -0.15) is 5.26 Å². The molecule has 37 heavy (non-hydrogen) atoms. The largest absolute Gasteiger partial charge is 0.388 e. The summed E-state index contributed by atoms with van der Waals surface area (Å²) in [5.41, 5.74) is 0. The third-order valence-electron chi connectivity index (χ3n) is 6.49. The molecular formula is C30H61N2O4P. The van der Waals surface area contributed by atoms with Crippen LogP contribution in [0.2, 0.25) is 0 Å². The predicted molar refractivity (Wildman–Crippen MR) is 158 cm³/mol. The molecule has 6 nitrogen and oxygen atoms in total. The number of aliphatic hydroxyl groups is 1. The highest BCUT2D eigenvalue weighted by atomic mass is 31.2. The summed E-state index contributed by atoms with van der Waals surface area (Å²) in [7, 11) is -1.32. The van der Waals surface area contributed by atoms with E-state index in [0.717, 1.165) is 6.42 Å². The molecule has 1 unspecified atom stereocenters. The van der Waals surface area contributed by atoms with Crippen LogP contribution in [0.4, 0.5) is 0 Å². The van der Waals surface area contributed by atoms with Crippen molar-refractivity contribution in [3.05, 3.63) is 0 Å². The lowest BCUT2D eigenvalue weighted by molar-refractivity contribution is 0.00694. The highest BCUT2D eigenvalue weighted by Gasteiger charge is 2.27. The minimum Gasteiger partial charge on any atom is -0.388 e. The molecule has 0 bridgehead atoms. The monoisotopic (exact) mass is 544 g/mol. The lowest BCUT2D eigenvalue weighted by Crippen LogP contribution is -2.34. The number of aliphatic hydroxyl groups excluding tert-OH is 1. The van der Waals surface area contributed by atoms with Gasteiger partial charge in [0, 0.05) is 18.7 Å². The molecule has 0 aliphatic carbocycles. The van der Waals surface area contributed by atoms with Gasteiger partial charge in [-0.25, -0.2) is 4.67 Å². The first-order valence-electron chi connectivity index (χ1n) is 15.4. The Labute approximate surface area is 231 Å². The molecule has 0 rings (SSSR count). The van der Waals surface area contributed by atoms with Crippen LogP contribution in [0.5, 0.6) is 0 Å². The van der Waals surface area contributed by atoms with Gasteiger partial charge >= 0.3 is 0 Å². The van der Waals surface area contributed by atoms with Crippen LogP contribution in [-0.4, -0.2) is 54.4 Å². The molecular weight excluding hydrogens is 483 g/mol. The highest BCUT2D eigenvalue weighted by Crippen LogP contribution is 2.46. The van der Waals surface area contributed by atoms with E-state index in [2.05, 4.69) is 45.4 Å². The Hall–Kier alpha value is -0.280. The van der Waals surface area contributed by atoms with E-state index in [4.69, 9.17) is 19.0 Å². The number of ether oxygens (including phenoxy) is 1. The quantitative estimate of drug-likeness (QED) is 0.0783. The van der Waals surface area contributed by atoms with Gasteiger partial charge in [0.15, 0.2) is 0 Å². The number of hydrogen-bond acceptors (Lipinski definition) is 6.